The van der Waals surface area contributed by atoms with E-state index in [-0.39, 0.29) is 0 Å². The van der Waals surface area contributed by atoms with E-state index in [1.807, 2.05) is 0 Å². The first-order valence-corrected chi connectivity index (χ1v) is 6.24. The Labute approximate surface area is 99.6 Å². The van der Waals surface area contributed by atoms with Crippen LogP contribution in [-0.2, 0) is 6.54 Å². The van der Waals surface area contributed by atoms with Crippen LogP contribution in [0.3, 0.4) is 0 Å². The Morgan fingerprint density at radius 2 is 1.88 bits per heavy atom. The molecule has 0 aliphatic rings. The van der Waals surface area contributed by atoms with Crippen molar-refractivity contribution in [2.24, 2.45) is 5.92 Å². The first-order chi connectivity index (χ1) is 7.72. The van der Waals surface area contributed by atoms with Gasteiger partial charge in [0.1, 0.15) is 0 Å². The molecule has 2 nitrogen and oxygen atoms in total. The van der Waals surface area contributed by atoms with Crippen molar-refractivity contribution in [1.82, 2.24) is 10.4 Å². The van der Waals surface area contributed by atoms with Gasteiger partial charge in [0.05, 0.1) is 0 Å². The highest BCUT2D eigenvalue weighted by Gasteiger charge is 2.04. The van der Waals surface area contributed by atoms with Crippen LogP contribution in [0.5, 0.6) is 0 Å². The van der Waals surface area contributed by atoms with Crippen LogP contribution in [0.25, 0.3) is 0 Å². The topological polar surface area (TPSA) is 15.3 Å². The molecule has 2 heteroatoms. The Morgan fingerprint density at radius 3 is 2.44 bits per heavy atom. The van der Waals surface area contributed by atoms with Crippen molar-refractivity contribution in [2.45, 2.75) is 33.7 Å². The second kappa shape index (κ2) is 7.42. The Hall–Kier alpha value is -0.860. The van der Waals surface area contributed by atoms with E-state index in [9.17, 15) is 0 Å². The fourth-order valence-corrected chi connectivity index (χ4v) is 1.60. The van der Waals surface area contributed by atoms with Crippen molar-refractivity contribution in [2.75, 3.05) is 13.1 Å². The highest BCUT2D eigenvalue weighted by molar-refractivity contribution is 5.14. The van der Waals surface area contributed by atoms with E-state index in [4.69, 9.17) is 0 Å². The molecule has 0 fully saturated rings. The molecule has 0 heterocycles. The molecule has 90 valence electrons. The van der Waals surface area contributed by atoms with Gasteiger partial charge in [-0.1, -0.05) is 51.1 Å². The van der Waals surface area contributed by atoms with Crippen molar-refractivity contribution < 1.29 is 0 Å². The Kier molecular flexibility index (Phi) is 6.12. The number of rotatable bonds is 7. The summed E-state index contributed by atoms with van der Waals surface area (Å²) in [4.78, 5) is 0. The van der Waals surface area contributed by atoms with Crippen molar-refractivity contribution >= 4 is 0 Å². The van der Waals surface area contributed by atoms with Gasteiger partial charge in [-0.2, -0.15) is 0 Å². The summed E-state index contributed by atoms with van der Waals surface area (Å²) in [5, 5.41) is 2.31. The zero-order valence-corrected chi connectivity index (χ0v) is 10.7. The quantitative estimate of drug-likeness (QED) is 0.710. The summed E-state index contributed by atoms with van der Waals surface area (Å²) in [5.74, 6) is 0.690. The summed E-state index contributed by atoms with van der Waals surface area (Å²) < 4.78 is 0. The van der Waals surface area contributed by atoms with Gasteiger partial charge >= 0.3 is 0 Å². The van der Waals surface area contributed by atoms with Gasteiger partial charge in [0.25, 0.3) is 0 Å². The van der Waals surface area contributed by atoms with Gasteiger partial charge < -0.3 is 0 Å². The lowest BCUT2D eigenvalue weighted by molar-refractivity contribution is 0.169. The lowest BCUT2D eigenvalue weighted by Crippen LogP contribution is -2.40. The van der Waals surface area contributed by atoms with E-state index in [2.05, 4.69) is 61.5 Å². The zero-order valence-electron chi connectivity index (χ0n) is 10.7. The van der Waals surface area contributed by atoms with Gasteiger partial charge in [-0.15, -0.1) is 0 Å². The Morgan fingerprint density at radius 1 is 1.19 bits per heavy atom. The third-order valence-electron chi connectivity index (χ3n) is 2.43. The molecule has 1 aromatic carbocycles. The summed E-state index contributed by atoms with van der Waals surface area (Å²) in [5.41, 5.74) is 4.87. The van der Waals surface area contributed by atoms with E-state index >= 15 is 0 Å². The minimum absolute atomic E-state index is 0.690. The number of nitrogens with zero attached hydrogens (tertiary/aromatic N) is 1. The summed E-state index contributed by atoms with van der Waals surface area (Å²) in [6.07, 6.45) is 1.18. The number of hydrazine groups is 1. The monoisotopic (exact) mass is 220 g/mol. The van der Waals surface area contributed by atoms with Crippen LogP contribution in [0.2, 0.25) is 0 Å². The first-order valence-electron chi connectivity index (χ1n) is 6.24. The molecule has 1 aromatic rings. The molecule has 0 aromatic heterocycles. The average molecular weight is 220 g/mol. The fraction of sp³-hybridized carbons (Fsp3) is 0.571. The minimum Gasteiger partial charge on any atom is -0.255 e. The van der Waals surface area contributed by atoms with Crippen LogP contribution in [-0.4, -0.2) is 18.1 Å². The maximum absolute atomic E-state index is 3.50. The molecule has 0 spiro atoms. The highest BCUT2D eigenvalue weighted by Crippen LogP contribution is 2.03. The molecule has 1 rings (SSSR count). The molecule has 0 amide bonds. The van der Waals surface area contributed by atoms with Gasteiger partial charge in [-0.05, 0) is 17.9 Å². The fourth-order valence-electron chi connectivity index (χ4n) is 1.60. The predicted molar refractivity (Wildman–Crippen MR) is 70.0 cm³/mol. The van der Waals surface area contributed by atoms with Crippen molar-refractivity contribution in [1.29, 1.82) is 0 Å². The van der Waals surface area contributed by atoms with Crippen LogP contribution < -0.4 is 5.43 Å². The van der Waals surface area contributed by atoms with E-state index in [0.29, 0.717) is 5.92 Å². The molecule has 0 saturated carbocycles. The third-order valence-corrected chi connectivity index (χ3v) is 2.43. The second-order valence-electron chi connectivity index (χ2n) is 4.66. The number of hydrogen-bond acceptors (Lipinski definition) is 2. The third kappa shape index (κ3) is 5.29. The van der Waals surface area contributed by atoms with E-state index in [0.717, 1.165) is 19.6 Å². The first kappa shape index (κ1) is 13.2. The van der Waals surface area contributed by atoms with Crippen LogP contribution in [0.4, 0.5) is 0 Å². The van der Waals surface area contributed by atoms with Gasteiger partial charge in [0, 0.05) is 19.6 Å². The molecule has 1 N–H and O–H groups in total. The Balaban J connectivity index is 2.44. The largest absolute Gasteiger partial charge is 0.255 e. The van der Waals surface area contributed by atoms with Gasteiger partial charge in [0.15, 0.2) is 0 Å². The summed E-state index contributed by atoms with van der Waals surface area (Å²) in [7, 11) is 0. The van der Waals surface area contributed by atoms with Crippen molar-refractivity contribution in [3.8, 4) is 0 Å². The molecule has 0 bridgehead atoms. The highest BCUT2D eigenvalue weighted by atomic mass is 15.5. The van der Waals surface area contributed by atoms with E-state index in [1.54, 1.807) is 0 Å². The SMILES string of the molecule is CCCN(Cc1ccccc1)NCC(C)C. The molecule has 0 unspecified atom stereocenters. The number of hydrogen-bond donors (Lipinski definition) is 1. The number of nitrogens with one attached hydrogen (secondary N) is 1. The van der Waals surface area contributed by atoms with Gasteiger partial charge in [-0.25, -0.2) is 5.01 Å². The van der Waals surface area contributed by atoms with Gasteiger partial charge in [-0.3, -0.25) is 5.43 Å². The molecule has 0 saturated heterocycles. The standard InChI is InChI=1S/C14H24N2/c1-4-10-16(15-11-13(2)3)12-14-8-6-5-7-9-14/h5-9,13,15H,4,10-12H2,1-3H3. The second-order valence-corrected chi connectivity index (χ2v) is 4.66. The van der Waals surface area contributed by atoms with Gasteiger partial charge in [0.2, 0.25) is 0 Å². The van der Waals surface area contributed by atoms with Crippen molar-refractivity contribution in [3.05, 3.63) is 35.9 Å². The summed E-state index contributed by atoms with van der Waals surface area (Å²) >= 11 is 0. The molecule has 0 atom stereocenters. The normalized spacial score (nSPS) is 11.3. The van der Waals surface area contributed by atoms with Crippen LogP contribution in [0.1, 0.15) is 32.8 Å². The van der Waals surface area contributed by atoms with E-state index < -0.39 is 0 Å². The zero-order chi connectivity index (χ0) is 11.8. The summed E-state index contributed by atoms with van der Waals surface area (Å²) in [6.45, 7) is 9.82. The molecule has 0 aliphatic heterocycles. The molecule has 0 aliphatic carbocycles. The lowest BCUT2D eigenvalue weighted by atomic mass is 10.2. The number of benzene rings is 1. The lowest BCUT2D eigenvalue weighted by Gasteiger charge is -2.24. The van der Waals surface area contributed by atoms with Crippen LogP contribution in [0.15, 0.2) is 30.3 Å². The molecule has 0 radical (unpaired) electrons. The smallest absolute Gasteiger partial charge is 0.0381 e. The maximum Gasteiger partial charge on any atom is 0.0381 e. The summed E-state index contributed by atoms with van der Waals surface area (Å²) in [6, 6.07) is 10.6. The molecular weight excluding hydrogens is 196 g/mol. The van der Waals surface area contributed by atoms with Crippen LogP contribution in [0, 0.1) is 5.92 Å². The predicted octanol–water partition coefficient (Wildman–Crippen LogP) is 3.06. The van der Waals surface area contributed by atoms with Crippen LogP contribution >= 0.6 is 0 Å². The molecular formula is C14H24N2. The maximum atomic E-state index is 3.50. The minimum atomic E-state index is 0.690. The average Bonchev–Trinajstić information content (AvgIpc) is 2.27. The Bertz CT molecular complexity index is 269. The van der Waals surface area contributed by atoms with E-state index in [1.165, 1.54) is 12.0 Å². The molecule has 16 heavy (non-hydrogen) atoms. The van der Waals surface area contributed by atoms with Crippen molar-refractivity contribution in [3.63, 3.8) is 0 Å².